The van der Waals surface area contributed by atoms with Gasteiger partial charge in [-0.3, -0.25) is 0 Å². The Labute approximate surface area is 116 Å². The molecule has 0 spiro atoms. The fraction of sp³-hybridized carbons (Fsp3) is 0.533. The predicted molar refractivity (Wildman–Crippen MR) is 74.5 cm³/mol. The molecule has 20 heavy (non-hydrogen) atoms. The lowest BCUT2D eigenvalue weighted by atomic mass is 9.88. The number of aromatic nitrogens is 2. The zero-order valence-corrected chi connectivity index (χ0v) is 11.4. The first kappa shape index (κ1) is 13.5. The Morgan fingerprint density at radius 1 is 1.15 bits per heavy atom. The van der Waals surface area contributed by atoms with Crippen LogP contribution in [-0.4, -0.2) is 16.1 Å². The van der Waals surface area contributed by atoms with Gasteiger partial charge in [-0.25, -0.2) is 13.8 Å². The standard InChI is InChI=1S/C15H19F2N3/c16-11-8-13-14(9-12(11)17)20(7-6-18)15(19-13)10-4-2-1-3-5-10/h8-10H,1-7,18H2. The second kappa shape index (κ2) is 5.48. The van der Waals surface area contributed by atoms with Gasteiger partial charge < -0.3 is 10.3 Å². The molecule has 3 nitrogen and oxygen atoms in total. The Morgan fingerprint density at radius 2 is 1.85 bits per heavy atom. The highest BCUT2D eigenvalue weighted by atomic mass is 19.2. The zero-order valence-electron chi connectivity index (χ0n) is 11.4. The quantitative estimate of drug-likeness (QED) is 0.936. The third kappa shape index (κ3) is 2.30. The molecule has 0 bridgehead atoms. The molecule has 1 heterocycles. The number of hydrogen-bond acceptors (Lipinski definition) is 2. The van der Waals surface area contributed by atoms with Crippen LogP contribution in [0.5, 0.6) is 0 Å². The molecule has 1 saturated carbocycles. The summed E-state index contributed by atoms with van der Waals surface area (Å²) in [5.74, 6) is -0.347. The molecule has 3 rings (SSSR count). The third-order valence-corrected chi connectivity index (χ3v) is 4.14. The molecule has 1 fully saturated rings. The van der Waals surface area contributed by atoms with Crippen LogP contribution >= 0.6 is 0 Å². The lowest BCUT2D eigenvalue weighted by Gasteiger charge is -2.22. The van der Waals surface area contributed by atoms with Crippen LogP contribution in [0.4, 0.5) is 8.78 Å². The maximum absolute atomic E-state index is 13.5. The summed E-state index contributed by atoms with van der Waals surface area (Å²) in [4.78, 5) is 4.56. The molecule has 0 radical (unpaired) electrons. The average molecular weight is 279 g/mol. The van der Waals surface area contributed by atoms with E-state index in [4.69, 9.17) is 5.73 Å². The Balaban J connectivity index is 2.12. The predicted octanol–water partition coefficient (Wildman–Crippen LogP) is 3.32. The number of benzene rings is 1. The first-order valence-corrected chi connectivity index (χ1v) is 7.26. The van der Waals surface area contributed by atoms with Gasteiger partial charge in [0.1, 0.15) is 5.82 Å². The van der Waals surface area contributed by atoms with Crippen LogP contribution < -0.4 is 5.73 Å². The van der Waals surface area contributed by atoms with Crippen molar-refractivity contribution in [3.8, 4) is 0 Å². The summed E-state index contributed by atoms with van der Waals surface area (Å²) in [6, 6.07) is 2.42. The zero-order chi connectivity index (χ0) is 14.1. The smallest absolute Gasteiger partial charge is 0.161 e. The van der Waals surface area contributed by atoms with Gasteiger partial charge in [0.15, 0.2) is 11.6 Å². The van der Waals surface area contributed by atoms with Crippen LogP contribution in [0.1, 0.15) is 43.8 Å². The van der Waals surface area contributed by atoms with E-state index in [2.05, 4.69) is 4.98 Å². The molecule has 0 atom stereocenters. The molecule has 0 amide bonds. The fourth-order valence-corrected chi connectivity index (χ4v) is 3.18. The average Bonchev–Trinajstić information content (AvgIpc) is 2.79. The van der Waals surface area contributed by atoms with E-state index in [1.165, 1.54) is 31.4 Å². The van der Waals surface area contributed by atoms with Crippen molar-refractivity contribution in [2.45, 2.75) is 44.6 Å². The van der Waals surface area contributed by atoms with Crippen molar-refractivity contribution in [1.29, 1.82) is 0 Å². The first-order valence-electron chi connectivity index (χ1n) is 7.26. The molecule has 1 aliphatic rings. The molecule has 5 heteroatoms. The summed E-state index contributed by atoms with van der Waals surface area (Å²) in [5.41, 5.74) is 6.83. The summed E-state index contributed by atoms with van der Waals surface area (Å²) in [7, 11) is 0. The van der Waals surface area contributed by atoms with Crippen LogP contribution in [0.2, 0.25) is 0 Å². The largest absolute Gasteiger partial charge is 0.329 e. The third-order valence-electron chi connectivity index (χ3n) is 4.14. The Bertz CT molecular complexity index is 615. The molecular weight excluding hydrogens is 260 g/mol. The molecule has 0 saturated heterocycles. The van der Waals surface area contributed by atoms with E-state index in [-0.39, 0.29) is 0 Å². The fourth-order valence-electron chi connectivity index (χ4n) is 3.18. The van der Waals surface area contributed by atoms with Crippen molar-refractivity contribution in [2.75, 3.05) is 6.54 Å². The maximum atomic E-state index is 13.5. The number of fused-ring (bicyclic) bond motifs is 1. The minimum Gasteiger partial charge on any atom is -0.329 e. The normalized spacial score (nSPS) is 16.9. The van der Waals surface area contributed by atoms with Gasteiger partial charge >= 0.3 is 0 Å². The summed E-state index contributed by atoms with van der Waals surface area (Å²) < 4.78 is 28.8. The topological polar surface area (TPSA) is 43.8 Å². The van der Waals surface area contributed by atoms with Crippen molar-refractivity contribution in [3.05, 3.63) is 29.6 Å². The second-order valence-electron chi connectivity index (χ2n) is 5.50. The van der Waals surface area contributed by atoms with Gasteiger partial charge in [-0.1, -0.05) is 19.3 Å². The van der Waals surface area contributed by atoms with Crippen molar-refractivity contribution in [1.82, 2.24) is 9.55 Å². The van der Waals surface area contributed by atoms with E-state index >= 15 is 0 Å². The Morgan fingerprint density at radius 3 is 2.55 bits per heavy atom. The van der Waals surface area contributed by atoms with E-state index in [1.807, 2.05) is 4.57 Å². The van der Waals surface area contributed by atoms with Crippen LogP contribution in [0.25, 0.3) is 11.0 Å². The molecule has 2 N–H and O–H groups in total. The van der Waals surface area contributed by atoms with Crippen molar-refractivity contribution in [3.63, 3.8) is 0 Å². The number of rotatable bonds is 3. The Hall–Kier alpha value is -1.49. The molecule has 1 aromatic heterocycles. The first-order chi connectivity index (χ1) is 9.70. The lowest BCUT2D eigenvalue weighted by molar-refractivity contribution is 0.417. The summed E-state index contributed by atoms with van der Waals surface area (Å²) in [5, 5.41) is 0. The van der Waals surface area contributed by atoms with E-state index in [0.717, 1.165) is 18.7 Å². The van der Waals surface area contributed by atoms with Gasteiger partial charge in [-0.2, -0.15) is 0 Å². The van der Waals surface area contributed by atoms with E-state index < -0.39 is 11.6 Å². The molecule has 2 aromatic rings. The Kier molecular flexibility index (Phi) is 3.70. The van der Waals surface area contributed by atoms with Crippen LogP contribution in [0.15, 0.2) is 12.1 Å². The minimum absolute atomic E-state index is 0.383. The highest BCUT2D eigenvalue weighted by Gasteiger charge is 2.23. The molecule has 1 aromatic carbocycles. The minimum atomic E-state index is -0.843. The van der Waals surface area contributed by atoms with Crippen LogP contribution in [0.3, 0.4) is 0 Å². The monoisotopic (exact) mass is 279 g/mol. The van der Waals surface area contributed by atoms with Gasteiger partial charge in [0.05, 0.1) is 11.0 Å². The van der Waals surface area contributed by atoms with Gasteiger partial charge in [0.2, 0.25) is 0 Å². The highest BCUT2D eigenvalue weighted by Crippen LogP contribution is 2.34. The van der Waals surface area contributed by atoms with E-state index in [1.54, 1.807) is 0 Å². The SMILES string of the molecule is NCCn1c(C2CCCCC2)nc2cc(F)c(F)cc21. The second-order valence-corrected chi connectivity index (χ2v) is 5.50. The number of nitrogens with two attached hydrogens (primary N) is 1. The highest BCUT2D eigenvalue weighted by molar-refractivity contribution is 5.76. The maximum Gasteiger partial charge on any atom is 0.161 e. The van der Waals surface area contributed by atoms with Gasteiger partial charge in [0, 0.05) is 31.1 Å². The molecule has 1 aliphatic carbocycles. The lowest BCUT2D eigenvalue weighted by Crippen LogP contribution is -2.16. The number of imidazole rings is 1. The summed E-state index contributed by atoms with van der Waals surface area (Å²) in [6.45, 7) is 1.05. The molecule has 108 valence electrons. The number of hydrogen-bond donors (Lipinski definition) is 1. The van der Waals surface area contributed by atoms with Gasteiger partial charge in [-0.05, 0) is 12.8 Å². The van der Waals surface area contributed by atoms with Crippen molar-refractivity contribution in [2.24, 2.45) is 5.73 Å². The van der Waals surface area contributed by atoms with Crippen LogP contribution in [-0.2, 0) is 6.54 Å². The van der Waals surface area contributed by atoms with Crippen molar-refractivity contribution >= 4 is 11.0 Å². The van der Waals surface area contributed by atoms with Gasteiger partial charge in [0.25, 0.3) is 0 Å². The molecule has 0 unspecified atom stereocenters. The van der Waals surface area contributed by atoms with E-state index in [0.29, 0.717) is 30.0 Å². The van der Waals surface area contributed by atoms with E-state index in [9.17, 15) is 8.78 Å². The van der Waals surface area contributed by atoms with Gasteiger partial charge in [-0.15, -0.1) is 0 Å². The van der Waals surface area contributed by atoms with Crippen LogP contribution in [0, 0.1) is 11.6 Å². The summed E-state index contributed by atoms with van der Waals surface area (Å²) in [6.07, 6.45) is 5.84. The summed E-state index contributed by atoms with van der Waals surface area (Å²) >= 11 is 0. The molecular formula is C15H19F2N3. The molecule has 0 aliphatic heterocycles. The van der Waals surface area contributed by atoms with Crippen molar-refractivity contribution < 1.29 is 8.78 Å². The number of halogens is 2. The number of nitrogens with zero attached hydrogens (tertiary/aromatic N) is 2.